The number of hydrogen-bond donors (Lipinski definition) is 1. The summed E-state index contributed by atoms with van der Waals surface area (Å²) in [7, 11) is -2.48. The van der Waals surface area contributed by atoms with Gasteiger partial charge in [-0.15, -0.1) is 0 Å². The molecule has 3 nitrogen and oxygen atoms in total. The van der Waals surface area contributed by atoms with Gasteiger partial charge in [-0.3, -0.25) is 4.79 Å². The highest BCUT2D eigenvalue weighted by Crippen LogP contribution is 2.50. The second-order valence-electron chi connectivity index (χ2n) is 6.88. The van der Waals surface area contributed by atoms with Crippen molar-refractivity contribution < 1.29 is 9.36 Å². The van der Waals surface area contributed by atoms with Gasteiger partial charge in [-0.1, -0.05) is 79.1 Å². The van der Waals surface area contributed by atoms with Crippen molar-refractivity contribution >= 4 is 13.0 Å². The molecule has 0 aromatic carbocycles. The van der Waals surface area contributed by atoms with Crippen LogP contribution in [0.1, 0.15) is 79.1 Å². The SMILES string of the molecule is CCCCC(CC)CP(=O)(CC(N)=O)CC(CC)CCCC. The van der Waals surface area contributed by atoms with Gasteiger partial charge in [-0.2, -0.15) is 0 Å². The lowest BCUT2D eigenvalue weighted by molar-refractivity contribution is -0.115. The number of rotatable bonds is 14. The summed E-state index contributed by atoms with van der Waals surface area (Å²) >= 11 is 0. The average molecular weight is 331 g/mol. The van der Waals surface area contributed by atoms with Crippen LogP contribution in [0.3, 0.4) is 0 Å². The number of primary amides is 1. The third-order valence-electron chi connectivity index (χ3n) is 4.71. The molecule has 0 saturated heterocycles. The van der Waals surface area contributed by atoms with Gasteiger partial charge in [0, 0.05) is 12.3 Å². The molecular formula is C18H38NO2P. The summed E-state index contributed by atoms with van der Waals surface area (Å²) in [6.45, 7) is 8.72. The Morgan fingerprint density at radius 2 is 1.32 bits per heavy atom. The quantitative estimate of drug-likeness (QED) is 0.441. The molecule has 0 fully saturated rings. The van der Waals surface area contributed by atoms with Crippen LogP contribution in [0.2, 0.25) is 0 Å². The van der Waals surface area contributed by atoms with Gasteiger partial charge in [0.1, 0.15) is 0 Å². The van der Waals surface area contributed by atoms with Crippen molar-refractivity contribution in [3.05, 3.63) is 0 Å². The van der Waals surface area contributed by atoms with Crippen LogP contribution < -0.4 is 5.73 Å². The first-order valence-electron chi connectivity index (χ1n) is 9.26. The van der Waals surface area contributed by atoms with Crippen LogP contribution in [0, 0.1) is 11.8 Å². The summed E-state index contributed by atoms with van der Waals surface area (Å²) in [5.74, 6) is 0.571. The van der Waals surface area contributed by atoms with Gasteiger partial charge in [0.15, 0.2) is 0 Å². The lowest BCUT2D eigenvalue weighted by Crippen LogP contribution is -2.22. The van der Waals surface area contributed by atoms with E-state index in [-0.39, 0.29) is 12.1 Å². The summed E-state index contributed by atoms with van der Waals surface area (Å²) in [6.07, 6.45) is 10.6. The number of nitrogens with two attached hydrogens (primary N) is 1. The lowest BCUT2D eigenvalue weighted by Gasteiger charge is -2.26. The second-order valence-corrected chi connectivity index (χ2v) is 10.0. The van der Waals surface area contributed by atoms with Gasteiger partial charge in [0.05, 0.1) is 13.3 Å². The Labute approximate surface area is 138 Å². The Bertz CT molecular complexity index is 322. The summed E-state index contributed by atoms with van der Waals surface area (Å²) in [5.41, 5.74) is 5.40. The molecule has 0 rings (SSSR count). The fourth-order valence-corrected chi connectivity index (χ4v) is 7.00. The van der Waals surface area contributed by atoms with Gasteiger partial charge in [-0.25, -0.2) is 0 Å². The summed E-state index contributed by atoms with van der Waals surface area (Å²) in [4.78, 5) is 11.4. The van der Waals surface area contributed by atoms with Crippen LogP contribution in [0.4, 0.5) is 0 Å². The van der Waals surface area contributed by atoms with Gasteiger partial charge < -0.3 is 10.3 Å². The first-order chi connectivity index (χ1) is 10.4. The van der Waals surface area contributed by atoms with E-state index in [1.54, 1.807) is 0 Å². The maximum atomic E-state index is 13.4. The van der Waals surface area contributed by atoms with E-state index in [1.807, 2.05) is 0 Å². The second kappa shape index (κ2) is 12.2. The number of carbonyl (C=O) groups excluding carboxylic acids is 1. The Kier molecular flexibility index (Phi) is 12.0. The summed E-state index contributed by atoms with van der Waals surface area (Å²) in [6, 6.07) is 0. The standard InChI is InChI=1S/C18H38NO2P/c1-5-9-11-16(7-3)13-22(21,15-18(19)20)14-17(8-4)12-10-6-2/h16-17H,5-15H2,1-4H3,(H2,19,20). The number of amides is 1. The van der Waals surface area contributed by atoms with E-state index in [1.165, 1.54) is 25.7 Å². The first-order valence-corrected chi connectivity index (χ1v) is 11.5. The molecule has 2 atom stereocenters. The molecule has 0 aromatic heterocycles. The molecule has 0 aliphatic rings. The number of carbonyl (C=O) groups is 1. The maximum Gasteiger partial charge on any atom is 0.224 e. The zero-order valence-electron chi connectivity index (χ0n) is 15.3. The molecule has 2 unspecified atom stereocenters. The minimum absolute atomic E-state index is 0.109. The maximum absolute atomic E-state index is 13.4. The average Bonchev–Trinajstić information content (AvgIpc) is 2.47. The Morgan fingerprint density at radius 1 is 0.909 bits per heavy atom. The fraction of sp³-hybridized carbons (Fsp3) is 0.944. The van der Waals surface area contributed by atoms with Gasteiger partial charge in [0.25, 0.3) is 0 Å². The van der Waals surface area contributed by atoms with Crippen molar-refractivity contribution in [3.8, 4) is 0 Å². The Morgan fingerprint density at radius 3 is 1.59 bits per heavy atom. The molecule has 2 N–H and O–H groups in total. The molecule has 0 saturated carbocycles. The molecule has 132 valence electrons. The topological polar surface area (TPSA) is 60.2 Å². The zero-order valence-corrected chi connectivity index (χ0v) is 16.2. The van der Waals surface area contributed by atoms with Gasteiger partial charge in [-0.05, 0) is 11.8 Å². The highest BCUT2D eigenvalue weighted by molar-refractivity contribution is 7.64. The van der Waals surface area contributed by atoms with Gasteiger partial charge >= 0.3 is 0 Å². The van der Waals surface area contributed by atoms with E-state index in [0.717, 1.165) is 38.0 Å². The molecule has 0 aromatic rings. The van der Waals surface area contributed by atoms with E-state index in [9.17, 15) is 9.36 Å². The zero-order chi connectivity index (χ0) is 17.0. The summed E-state index contributed by atoms with van der Waals surface area (Å²) in [5, 5.41) is 0. The van der Waals surface area contributed by atoms with Crippen molar-refractivity contribution in [3.63, 3.8) is 0 Å². The van der Waals surface area contributed by atoms with E-state index in [2.05, 4.69) is 27.7 Å². The van der Waals surface area contributed by atoms with Crippen molar-refractivity contribution in [1.29, 1.82) is 0 Å². The van der Waals surface area contributed by atoms with Crippen molar-refractivity contribution in [2.45, 2.75) is 79.1 Å². The van der Waals surface area contributed by atoms with Crippen LogP contribution in [0.15, 0.2) is 0 Å². The molecule has 4 heteroatoms. The van der Waals surface area contributed by atoms with Crippen molar-refractivity contribution in [1.82, 2.24) is 0 Å². The monoisotopic (exact) mass is 331 g/mol. The van der Waals surface area contributed by atoms with Gasteiger partial charge in [0.2, 0.25) is 5.91 Å². The van der Waals surface area contributed by atoms with E-state index >= 15 is 0 Å². The summed E-state index contributed by atoms with van der Waals surface area (Å²) < 4.78 is 13.4. The third-order valence-corrected chi connectivity index (χ3v) is 7.96. The van der Waals surface area contributed by atoms with E-state index < -0.39 is 7.14 Å². The predicted octanol–water partition coefficient (Wildman–Crippen LogP) is 5.27. The normalized spacial score (nSPS) is 16.9. The lowest BCUT2D eigenvalue weighted by atomic mass is 10.0. The molecule has 22 heavy (non-hydrogen) atoms. The third kappa shape index (κ3) is 9.66. The molecule has 0 aliphatic heterocycles. The smallest absolute Gasteiger partial charge is 0.224 e. The van der Waals surface area contributed by atoms with Crippen LogP contribution in [-0.4, -0.2) is 24.4 Å². The molecule has 1 amide bonds. The van der Waals surface area contributed by atoms with Crippen molar-refractivity contribution in [2.24, 2.45) is 17.6 Å². The largest absolute Gasteiger partial charge is 0.369 e. The number of hydrogen-bond acceptors (Lipinski definition) is 2. The van der Waals surface area contributed by atoms with E-state index in [4.69, 9.17) is 5.73 Å². The van der Waals surface area contributed by atoms with Crippen LogP contribution in [0.25, 0.3) is 0 Å². The van der Waals surface area contributed by atoms with Crippen LogP contribution in [-0.2, 0) is 9.36 Å². The number of unbranched alkanes of at least 4 members (excludes halogenated alkanes) is 2. The van der Waals surface area contributed by atoms with E-state index in [0.29, 0.717) is 11.8 Å². The van der Waals surface area contributed by atoms with Crippen LogP contribution in [0.5, 0.6) is 0 Å². The molecule has 0 heterocycles. The van der Waals surface area contributed by atoms with Crippen LogP contribution >= 0.6 is 7.14 Å². The minimum atomic E-state index is -2.48. The highest BCUT2D eigenvalue weighted by Gasteiger charge is 2.30. The minimum Gasteiger partial charge on any atom is -0.369 e. The molecular weight excluding hydrogens is 293 g/mol. The predicted molar refractivity (Wildman–Crippen MR) is 98.0 cm³/mol. The fourth-order valence-electron chi connectivity index (χ4n) is 3.26. The highest BCUT2D eigenvalue weighted by atomic mass is 31.2. The molecule has 0 bridgehead atoms. The first kappa shape index (κ1) is 21.7. The molecule has 0 radical (unpaired) electrons. The molecule has 0 spiro atoms. The Balaban J connectivity index is 4.87. The van der Waals surface area contributed by atoms with Crippen molar-refractivity contribution in [2.75, 3.05) is 18.5 Å². The molecule has 0 aliphatic carbocycles. The Hall–Kier alpha value is -0.300.